The zero-order valence-corrected chi connectivity index (χ0v) is 14.3. The number of ether oxygens (including phenoxy) is 1. The van der Waals surface area contributed by atoms with Gasteiger partial charge in [-0.15, -0.1) is 0 Å². The van der Waals surface area contributed by atoms with Gasteiger partial charge in [0.1, 0.15) is 11.5 Å². The Balaban J connectivity index is 1.61. The molecule has 3 rings (SSSR count). The molecule has 132 valence electrons. The van der Waals surface area contributed by atoms with Crippen LogP contribution in [-0.2, 0) is 6.42 Å². The van der Waals surface area contributed by atoms with Gasteiger partial charge in [0.15, 0.2) is 0 Å². The van der Waals surface area contributed by atoms with Crippen molar-refractivity contribution in [2.75, 3.05) is 6.54 Å². The van der Waals surface area contributed by atoms with Crippen LogP contribution >= 0.6 is 0 Å². The molecule has 3 aromatic carbocycles. The third kappa shape index (κ3) is 4.94. The molecule has 1 unspecified atom stereocenters. The molecule has 0 aliphatic carbocycles. The highest BCUT2D eigenvalue weighted by atomic mass is 16.5. The van der Waals surface area contributed by atoms with Gasteiger partial charge >= 0.3 is 0 Å². The molecule has 26 heavy (non-hydrogen) atoms. The van der Waals surface area contributed by atoms with E-state index in [2.05, 4.69) is 5.32 Å². The van der Waals surface area contributed by atoms with E-state index in [4.69, 9.17) is 4.74 Å². The van der Waals surface area contributed by atoms with Gasteiger partial charge in [-0.1, -0.05) is 60.7 Å². The first-order valence-electron chi connectivity index (χ1n) is 8.54. The number of hydrogen-bond donors (Lipinski definition) is 2. The number of nitrogens with one attached hydrogen (secondary N) is 1. The SMILES string of the molecule is O=C(NCC(O)Cc1ccccc1)c1ccccc1Oc1ccccc1. The molecule has 0 fully saturated rings. The molecule has 0 radical (unpaired) electrons. The summed E-state index contributed by atoms with van der Waals surface area (Å²) in [4.78, 5) is 12.5. The van der Waals surface area contributed by atoms with E-state index < -0.39 is 6.10 Å². The zero-order chi connectivity index (χ0) is 18.2. The fraction of sp³-hybridized carbons (Fsp3) is 0.136. The Labute approximate surface area is 153 Å². The van der Waals surface area contributed by atoms with Crippen LogP contribution in [0.1, 0.15) is 15.9 Å². The minimum absolute atomic E-state index is 0.174. The van der Waals surface area contributed by atoms with Gasteiger partial charge in [-0.3, -0.25) is 4.79 Å². The van der Waals surface area contributed by atoms with E-state index in [1.807, 2.05) is 66.7 Å². The van der Waals surface area contributed by atoms with E-state index in [0.29, 0.717) is 23.5 Å². The van der Waals surface area contributed by atoms with Gasteiger partial charge in [-0.05, 0) is 29.8 Å². The zero-order valence-electron chi connectivity index (χ0n) is 14.3. The molecule has 0 saturated carbocycles. The van der Waals surface area contributed by atoms with Crippen LogP contribution in [-0.4, -0.2) is 23.7 Å². The van der Waals surface area contributed by atoms with Gasteiger partial charge in [-0.2, -0.15) is 0 Å². The van der Waals surface area contributed by atoms with Crippen molar-refractivity contribution < 1.29 is 14.6 Å². The number of aliphatic hydroxyl groups excluding tert-OH is 1. The number of benzene rings is 3. The molecule has 0 aromatic heterocycles. The molecule has 1 amide bonds. The highest BCUT2D eigenvalue weighted by molar-refractivity contribution is 5.97. The van der Waals surface area contributed by atoms with Crippen molar-refractivity contribution in [3.8, 4) is 11.5 Å². The van der Waals surface area contributed by atoms with E-state index in [-0.39, 0.29) is 12.5 Å². The maximum Gasteiger partial charge on any atom is 0.255 e. The van der Waals surface area contributed by atoms with E-state index in [9.17, 15) is 9.90 Å². The second kappa shape index (κ2) is 8.83. The predicted octanol–water partition coefficient (Wildman–Crippen LogP) is 3.81. The topological polar surface area (TPSA) is 58.6 Å². The van der Waals surface area contributed by atoms with E-state index in [1.54, 1.807) is 18.2 Å². The smallest absolute Gasteiger partial charge is 0.255 e. The van der Waals surface area contributed by atoms with Gasteiger partial charge in [0.05, 0.1) is 11.7 Å². The number of hydrogen-bond acceptors (Lipinski definition) is 3. The number of rotatable bonds is 7. The molecule has 4 nitrogen and oxygen atoms in total. The third-order valence-electron chi connectivity index (χ3n) is 3.92. The molecule has 0 aliphatic rings. The van der Waals surface area contributed by atoms with Crippen molar-refractivity contribution in [2.45, 2.75) is 12.5 Å². The Morgan fingerprint density at radius 1 is 0.885 bits per heavy atom. The molecule has 0 aliphatic heterocycles. The number of amides is 1. The summed E-state index contributed by atoms with van der Waals surface area (Å²) in [7, 11) is 0. The summed E-state index contributed by atoms with van der Waals surface area (Å²) in [6, 6.07) is 26.1. The number of para-hydroxylation sites is 2. The van der Waals surface area contributed by atoms with Crippen molar-refractivity contribution in [1.82, 2.24) is 5.32 Å². The first kappa shape index (κ1) is 17.7. The number of carbonyl (C=O) groups is 1. The van der Waals surface area contributed by atoms with Gasteiger partial charge in [0, 0.05) is 13.0 Å². The Hall–Kier alpha value is -3.11. The lowest BCUT2D eigenvalue weighted by molar-refractivity contribution is 0.0913. The van der Waals surface area contributed by atoms with Crippen molar-refractivity contribution in [3.05, 3.63) is 96.1 Å². The lowest BCUT2D eigenvalue weighted by Crippen LogP contribution is -2.33. The van der Waals surface area contributed by atoms with Crippen molar-refractivity contribution >= 4 is 5.91 Å². The van der Waals surface area contributed by atoms with Crippen LogP contribution in [0, 0.1) is 0 Å². The molecule has 3 aromatic rings. The molecule has 2 N–H and O–H groups in total. The van der Waals surface area contributed by atoms with Crippen LogP contribution < -0.4 is 10.1 Å². The summed E-state index contributed by atoms with van der Waals surface area (Å²) in [6.07, 6.45) is -0.160. The Kier molecular flexibility index (Phi) is 6.01. The van der Waals surface area contributed by atoms with Gasteiger partial charge in [0.25, 0.3) is 5.91 Å². The van der Waals surface area contributed by atoms with Crippen LogP contribution in [0.4, 0.5) is 0 Å². The number of carbonyl (C=O) groups excluding carboxylic acids is 1. The van der Waals surface area contributed by atoms with Crippen molar-refractivity contribution in [2.24, 2.45) is 0 Å². The molecular weight excluding hydrogens is 326 g/mol. The minimum atomic E-state index is -0.649. The maximum atomic E-state index is 12.5. The summed E-state index contributed by atoms with van der Waals surface area (Å²) in [5.74, 6) is 0.870. The highest BCUT2D eigenvalue weighted by Crippen LogP contribution is 2.24. The van der Waals surface area contributed by atoms with Crippen LogP contribution in [0.25, 0.3) is 0 Å². The Morgan fingerprint density at radius 3 is 2.23 bits per heavy atom. The molecule has 0 spiro atoms. The average molecular weight is 347 g/mol. The summed E-state index contributed by atoms with van der Waals surface area (Å²) < 4.78 is 5.81. The molecule has 4 heteroatoms. The van der Waals surface area contributed by atoms with Crippen molar-refractivity contribution in [3.63, 3.8) is 0 Å². The normalized spacial score (nSPS) is 11.6. The van der Waals surface area contributed by atoms with Crippen LogP contribution in [0.2, 0.25) is 0 Å². The van der Waals surface area contributed by atoms with Crippen molar-refractivity contribution in [1.29, 1.82) is 0 Å². The van der Waals surface area contributed by atoms with E-state index in [1.165, 1.54) is 0 Å². The number of aliphatic hydroxyl groups is 1. The monoisotopic (exact) mass is 347 g/mol. The molecule has 0 heterocycles. The summed E-state index contributed by atoms with van der Waals surface area (Å²) in [5, 5.41) is 12.9. The quantitative estimate of drug-likeness (QED) is 0.683. The standard InChI is InChI=1S/C22H21NO3/c24-18(15-17-9-3-1-4-10-17)16-23-22(25)20-13-7-8-14-21(20)26-19-11-5-2-6-12-19/h1-14,18,24H,15-16H2,(H,23,25). The van der Waals surface area contributed by atoms with E-state index >= 15 is 0 Å². The average Bonchev–Trinajstić information content (AvgIpc) is 2.68. The van der Waals surface area contributed by atoms with E-state index in [0.717, 1.165) is 5.56 Å². The molecule has 1 atom stereocenters. The van der Waals surface area contributed by atoms with Crippen LogP contribution in [0.15, 0.2) is 84.9 Å². The van der Waals surface area contributed by atoms with Gasteiger partial charge in [0.2, 0.25) is 0 Å². The van der Waals surface area contributed by atoms with Crippen LogP contribution in [0.3, 0.4) is 0 Å². The molecular formula is C22H21NO3. The summed E-state index contributed by atoms with van der Waals surface area (Å²) >= 11 is 0. The third-order valence-corrected chi connectivity index (χ3v) is 3.92. The Morgan fingerprint density at radius 2 is 1.50 bits per heavy atom. The highest BCUT2D eigenvalue weighted by Gasteiger charge is 2.14. The second-order valence-electron chi connectivity index (χ2n) is 5.96. The predicted molar refractivity (Wildman–Crippen MR) is 101 cm³/mol. The van der Waals surface area contributed by atoms with Gasteiger partial charge < -0.3 is 15.2 Å². The first-order chi connectivity index (χ1) is 12.7. The molecule has 0 bridgehead atoms. The lowest BCUT2D eigenvalue weighted by Gasteiger charge is -2.14. The Bertz CT molecular complexity index is 834. The maximum absolute atomic E-state index is 12.5. The summed E-state index contributed by atoms with van der Waals surface area (Å²) in [5.41, 5.74) is 1.46. The lowest BCUT2D eigenvalue weighted by atomic mass is 10.1. The second-order valence-corrected chi connectivity index (χ2v) is 5.96. The fourth-order valence-corrected chi connectivity index (χ4v) is 2.62. The first-order valence-corrected chi connectivity index (χ1v) is 8.54. The minimum Gasteiger partial charge on any atom is -0.457 e. The fourth-order valence-electron chi connectivity index (χ4n) is 2.62. The summed E-state index contributed by atoms with van der Waals surface area (Å²) in [6.45, 7) is 0.174. The van der Waals surface area contributed by atoms with Gasteiger partial charge in [-0.25, -0.2) is 0 Å². The van der Waals surface area contributed by atoms with Crippen LogP contribution in [0.5, 0.6) is 11.5 Å². The molecule has 0 saturated heterocycles. The largest absolute Gasteiger partial charge is 0.457 e.